The molecule has 0 aliphatic carbocycles. The second-order valence-electron chi connectivity index (χ2n) is 5.40. The fraction of sp³-hybridized carbons (Fsp3) is 0.278. The zero-order valence-electron chi connectivity index (χ0n) is 13.4. The van der Waals surface area contributed by atoms with E-state index in [1.165, 1.54) is 6.92 Å². The van der Waals surface area contributed by atoms with Gasteiger partial charge in [-0.3, -0.25) is 14.3 Å². The summed E-state index contributed by atoms with van der Waals surface area (Å²) in [7, 11) is 1.76. The van der Waals surface area contributed by atoms with Crippen LogP contribution in [0.5, 0.6) is 5.75 Å². The molecule has 1 aromatic heterocycles. The van der Waals surface area contributed by atoms with Crippen LogP contribution in [-0.4, -0.2) is 28.0 Å². The van der Waals surface area contributed by atoms with Gasteiger partial charge in [-0.15, -0.1) is 0 Å². The lowest BCUT2D eigenvalue weighted by atomic mass is 10.0. The van der Waals surface area contributed by atoms with Crippen molar-refractivity contribution in [3.05, 3.63) is 59.9 Å². The van der Waals surface area contributed by atoms with E-state index >= 15 is 0 Å². The second kappa shape index (κ2) is 7.54. The van der Waals surface area contributed by atoms with Gasteiger partial charge < -0.3 is 4.74 Å². The number of aryl methyl sites for hydroxylation is 1. The number of hydrogen-bond donors (Lipinski definition) is 0. The molecule has 23 heavy (non-hydrogen) atoms. The van der Waals surface area contributed by atoms with Crippen LogP contribution in [0.3, 0.4) is 0 Å². The highest BCUT2D eigenvalue weighted by molar-refractivity contribution is 6.07. The van der Waals surface area contributed by atoms with Gasteiger partial charge in [0.15, 0.2) is 5.78 Å². The number of ketones is 2. The monoisotopic (exact) mass is 312 g/mol. The average Bonchev–Trinajstić information content (AvgIpc) is 2.85. The third-order valence-corrected chi connectivity index (χ3v) is 3.24. The van der Waals surface area contributed by atoms with Gasteiger partial charge in [-0.25, -0.2) is 0 Å². The molecule has 2 rings (SSSR count). The topological polar surface area (TPSA) is 61.2 Å². The lowest BCUT2D eigenvalue weighted by molar-refractivity contribution is -0.116. The van der Waals surface area contributed by atoms with Crippen molar-refractivity contribution in [1.29, 1.82) is 0 Å². The molecule has 0 saturated heterocycles. The van der Waals surface area contributed by atoms with Crippen LogP contribution in [0.4, 0.5) is 0 Å². The number of carbonyl (C=O) groups excluding carboxylic acids is 2. The Morgan fingerprint density at radius 1 is 1.39 bits per heavy atom. The molecule has 0 unspecified atom stereocenters. The van der Waals surface area contributed by atoms with Crippen LogP contribution < -0.4 is 4.74 Å². The highest BCUT2D eigenvalue weighted by Crippen LogP contribution is 2.19. The first-order chi connectivity index (χ1) is 11.0. The molecular weight excluding hydrogens is 292 g/mol. The maximum absolute atomic E-state index is 12.2. The molecule has 0 fully saturated rings. The Morgan fingerprint density at radius 3 is 2.87 bits per heavy atom. The molecule has 0 radical (unpaired) electrons. The zero-order valence-corrected chi connectivity index (χ0v) is 13.4. The highest BCUT2D eigenvalue weighted by atomic mass is 16.5. The lowest BCUT2D eigenvalue weighted by Crippen LogP contribution is -2.08. The van der Waals surface area contributed by atoms with Crippen molar-refractivity contribution in [3.63, 3.8) is 0 Å². The number of benzene rings is 1. The Bertz CT molecular complexity index is 732. The van der Waals surface area contributed by atoms with Crippen LogP contribution in [0.2, 0.25) is 0 Å². The minimum absolute atomic E-state index is 0.119. The number of Topliss-reactive ketones (excluding diaryl/α,β-unsaturated/α-hetero) is 2. The Hall–Kier alpha value is -2.69. The predicted molar refractivity (Wildman–Crippen MR) is 87.8 cm³/mol. The molecule has 120 valence electrons. The molecule has 0 N–H and O–H groups in total. The van der Waals surface area contributed by atoms with Gasteiger partial charge in [0.2, 0.25) is 0 Å². The Kier molecular flexibility index (Phi) is 5.46. The fourth-order valence-corrected chi connectivity index (χ4v) is 2.33. The van der Waals surface area contributed by atoms with E-state index in [2.05, 4.69) is 11.7 Å². The van der Waals surface area contributed by atoms with Crippen molar-refractivity contribution in [2.24, 2.45) is 7.05 Å². The summed E-state index contributed by atoms with van der Waals surface area (Å²) in [6.07, 6.45) is 3.93. The molecule has 0 amide bonds. The first-order valence-corrected chi connectivity index (χ1v) is 7.37. The first-order valence-electron chi connectivity index (χ1n) is 7.37. The standard InChI is InChI=1S/C18H20N2O3/c1-4-8-23-16-7-5-6-14(11-16)10-15-12-20(3)19-18(15)17(22)9-13(2)21/h4-7,11-12H,1,8-10H2,2-3H3. The minimum atomic E-state index is -0.243. The molecule has 1 heterocycles. The van der Waals surface area contributed by atoms with E-state index in [0.717, 1.165) is 16.9 Å². The molecule has 5 nitrogen and oxygen atoms in total. The van der Waals surface area contributed by atoms with Crippen LogP contribution in [-0.2, 0) is 18.3 Å². The van der Waals surface area contributed by atoms with Crippen LogP contribution in [0.1, 0.15) is 35.0 Å². The maximum atomic E-state index is 12.2. The SMILES string of the molecule is C=CCOc1cccc(Cc2cn(C)nc2C(=O)CC(C)=O)c1. The number of ether oxygens (including phenoxy) is 1. The summed E-state index contributed by atoms with van der Waals surface area (Å²) >= 11 is 0. The molecule has 0 spiro atoms. The lowest BCUT2D eigenvalue weighted by Gasteiger charge is -2.06. The number of nitrogens with zero attached hydrogens (tertiary/aromatic N) is 2. The van der Waals surface area contributed by atoms with E-state index < -0.39 is 0 Å². The Balaban J connectivity index is 2.21. The van der Waals surface area contributed by atoms with Gasteiger partial charge in [0.25, 0.3) is 0 Å². The van der Waals surface area contributed by atoms with E-state index in [1.807, 2.05) is 30.5 Å². The quantitative estimate of drug-likeness (QED) is 0.427. The smallest absolute Gasteiger partial charge is 0.190 e. The summed E-state index contributed by atoms with van der Waals surface area (Å²) < 4.78 is 7.12. The van der Waals surface area contributed by atoms with Gasteiger partial charge in [-0.05, 0) is 24.6 Å². The van der Waals surface area contributed by atoms with E-state index in [1.54, 1.807) is 17.8 Å². The van der Waals surface area contributed by atoms with Gasteiger partial charge in [-0.1, -0.05) is 24.8 Å². The largest absolute Gasteiger partial charge is 0.490 e. The molecule has 5 heteroatoms. The van der Waals surface area contributed by atoms with Gasteiger partial charge in [-0.2, -0.15) is 5.10 Å². The van der Waals surface area contributed by atoms with Crippen LogP contribution in [0.15, 0.2) is 43.1 Å². The second-order valence-corrected chi connectivity index (χ2v) is 5.40. The van der Waals surface area contributed by atoms with Crippen molar-refractivity contribution in [2.75, 3.05) is 6.61 Å². The Morgan fingerprint density at radius 2 is 2.17 bits per heavy atom. The van der Waals surface area contributed by atoms with E-state index in [0.29, 0.717) is 18.7 Å². The van der Waals surface area contributed by atoms with Crippen molar-refractivity contribution < 1.29 is 14.3 Å². The van der Waals surface area contributed by atoms with Crippen LogP contribution in [0.25, 0.3) is 0 Å². The van der Waals surface area contributed by atoms with Crippen LogP contribution >= 0.6 is 0 Å². The number of aromatic nitrogens is 2. The molecule has 0 atom stereocenters. The molecule has 0 aliphatic heterocycles. The minimum Gasteiger partial charge on any atom is -0.490 e. The average molecular weight is 312 g/mol. The summed E-state index contributed by atoms with van der Waals surface area (Å²) in [5.41, 5.74) is 2.18. The predicted octanol–water partition coefficient (Wildman–Crippen LogP) is 2.74. The van der Waals surface area contributed by atoms with Gasteiger partial charge in [0.1, 0.15) is 23.8 Å². The highest BCUT2D eigenvalue weighted by Gasteiger charge is 2.17. The van der Waals surface area contributed by atoms with Crippen molar-refractivity contribution in [1.82, 2.24) is 9.78 Å². The summed E-state index contributed by atoms with van der Waals surface area (Å²) in [5, 5.41) is 4.20. The van der Waals surface area contributed by atoms with E-state index in [4.69, 9.17) is 4.74 Å². The Labute approximate surface area is 135 Å². The summed E-state index contributed by atoms with van der Waals surface area (Å²) in [6, 6.07) is 7.67. The summed E-state index contributed by atoms with van der Waals surface area (Å²) in [6.45, 7) is 5.47. The molecule has 1 aromatic carbocycles. The van der Waals surface area contributed by atoms with Crippen LogP contribution in [0, 0.1) is 0 Å². The first kappa shape index (κ1) is 16.7. The van der Waals surface area contributed by atoms with E-state index in [-0.39, 0.29) is 18.0 Å². The number of carbonyl (C=O) groups is 2. The summed E-state index contributed by atoms with van der Waals surface area (Å²) in [4.78, 5) is 23.3. The molecule has 0 saturated carbocycles. The summed E-state index contributed by atoms with van der Waals surface area (Å²) in [5.74, 6) is 0.349. The third-order valence-electron chi connectivity index (χ3n) is 3.24. The zero-order chi connectivity index (χ0) is 16.8. The third kappa shape index (κ3) is 4.64. The number of hydrogen-bond acceptors (Lipinski definition) is 4. The van der Waals surface area contributed by atoms with Crippen molar-refractivity contribution in [3.8, 4) is 5.75 Å². The maximum Gasteiger partial charge on any atom is 0.190 e. The fourth-order valence-electron chi connectivity index (χ4n) is 2.33. The van der Waals surface area contributed by atoms with Gasteiger partial charge in [0, 0.05) is 25.2 Å². The van der Waals surface area contributed by atoms with Crippen molar-refractivity contribution >= 4 is 11.6 Å². The van der Waals surface area contributed by atoms with Gasteiger partial charge >= 0.3 is 0 Å². The van der Waals surface area contributed by atoms with Crippen molar-refractivity contribution in [2.45, 2.75) is 19.8 Å². The number of rotatable bonds is 8. The molecular formula is C18H20N2O3. The normalized spacial score (nSPS) is 10.3. The molecule has 0 aliphatic rings. The van der Waals surface area contributed by atoms with Gasteiger partial charge in [0.05, 0.1) is 6.42 Å². The molecule has 0 bridgehead atoms. The van der Waals surface area contributed by atoms with E-state index in [9.17, 15) is 9.59 Å². The molecule has 2 aromatic rings.